The molecule has 0 aromatic rings. The Kier molecular flexibility index (Phi) is 5.02. The maximum absolute atomic E-state index is 2.40. The van der Waals surface area contributed by atoms with Crippen LogP contribution in [0.5, 0.6) is 0 Å². The fourth-order valence-electron chi connectivity index (χ4n) is 1.29. The first-order valence-electron chi connectivity index (χ1n) is 3.82. The van der Waals surface area contributed by atoms with Crippen LogP contribution in [-0.4, -0.2) is 28.5 Å². The van der Waals surface area contributed by atoms with Gasteiger partial charge < -0.3 is 24.0 Å². The van der Waals surface area contributed by atoms with Crippen molar-refractivity contribution in [3.8, 4) is 0 Å². The Morgan fingerprint density at radius 2 is 2.09 bits per heavy atom. The third kappa shape index (κ3) is 2.61. The summed E-state index contributed by atoms with van der Waals surface area (Å²) in [7, 11) is 2.19. The molecule has 1 nitrogen and oxygen atoms in total. The predicted octanol–water partition coefficient (Wildman–Crippen LogP) is -1.18. The highest BCUT2D eigenvalue weighted by Gasteiger charge is 2.30. The maximum atomic E-state index is 2.40. The van der Waals surface area contributed by atoms with E-state index in [0.717, 1.165) is 12.0 Å². The van der Waals surface area contributed by atoms with Crippen LogP contribution in [0.15, 0.2) is 0 Å². The Hall–Kier alpha value is 0.750. The van der Waals surface area contributed by atoms with Crippen molar-refractivity contribution in [2.45, 2.75) is 26.8 Å². The van der Waals surface area contributed by atoms with Crippen LogP contribution in [0, 0.1) is 5.92 Å². The smallest absolute Gasteiger partial charge is 0.207 e. The second kappa shape index (κ2) is 4.70. The quantitative estimate of drug-likeness (QED) is 0.433. The molecule has 0 aromatic carbocycles. The van der Waals surface area contributed by atoms with Gasteiger partial charge in [-0.3, -0.25) is 0 Å². The molecule has 11 heavy (non-hydrogen) atoms. The SMILES string of the molecule is CC1=[N+](C)[C@@H](C(C)C)CS1.[I-]. The number of rotatable bonds is 1. The number of thioether (sulfide) groups is 1. The van der Waals surface area contributed by atoms with E-state index in [2.05, 4.69) is 32.4 Å². The summed E-state index contributed by atoms with van der Waals surface area (Å²) in [4.78, 5) is 0. The van der Waals surface area contributed by atoms with Crippen LogP contribution in [0.1, 0.15) is 20.8 Å². The molecule has 0 spiro atoms. The molecule has 0 fully saturated rings. The van der Waals surface area contributed by atoms with E-state index in [9.17, 15) is 0 Å². The second-order valence-corrected chi connectivity index (χ2v) is 4.47. The highest BCUT2D eigenvalue weighted by atomic mass is 127. The lowest BCUT2D eigenvalue weighted by Gasteiger charge is -2.09. The van der Waals surface area contributed by atoms with Crippen molar-refractivity contribution < 1.29 is 28.6 Å². The van der Waals surface area contributed by atoms with Crippen molar-refractivity contribution in [2.75, 3.05) is 12.8 Å². The molecule has 3 heteroatoms. The first-order chi connectivity index (χ1) is 4.63. The van der Waals surface area contributed by atoms with Crippen molar-refractivity contribution in [3.63, 3.8) is 0 Å². The molecule has 0 N–H and O–H groups in total. The van der Waals surface area contributed by atoms with Gasteiger partial charge in [0.15, 0.2) is 6.04 Å². The molecular formula is C8H16INS. The van der Waals surface area contributed by atoms with Gasteiger partial charge in [-0.1, -0.05) is 25.6 Å². The van der Waals surface area contributed by atoms with Crippen molar-refractivity contribution >= 4 is 16.8 Å². The average molecular weight is 285 g/mol. The van der Waals surface area contributed by atoms with Crippen LogP contribution < -0.4 is 24.0 Å². The van der Waals surface area contributed by atoms with Crippen LogP contribution >= 0.6 is 11.8 Å². The summed E-state index contributed by atoms with van der Waals surface area (Å²) in [6.45, 7) is 6.79. The number of hydrogen-bond acceptors (Lipinski definition) is 1. The molecular weight excluding hydrogens is 269 g/mol. The van der Waals surface area contributed by atoms with Crippen LogP contribution in [0.2, 0.25) is 0 Å². The van der Waals surface area contributed by atoms with Crippen LogP contribution in [0.25, 0.3) is 0 Å². The van der Waals surface area contributed by atoms with Crippen molar-refractivity contribution in [3.05, 3.63) is 0 Å². The molecule has 0 aliphatic carbocycles. The van der Waals surface area contributed by atoms with Gasteiger partial charge in [0.05, 0.1) is 5.75 Å². The third-order valence-corrected chi connectivity index (χ3v) is 3.44. The Bertz CT molecular complexity index is 165. The van der Waals surface area contributed by atoms with E-state index in [1.807, 2.05) is 11.8 Å². The minimum Gasteiger partial charge on any atom is -1.00 e. The van der Waals surface area contributed by atoms with Crippen molar-refractivity contribution in [1.29, 1.82) is 0 Å². The van der Waals surface area contributed by atoms with Crippen LogP contribution in [0.3, 0.4) is 0 Å². The minimum atomic E-state index is 0. The highest BCUT2D eigenvalue weighted by molar-refractivity contribution is 8.13. The van der Waals surface area contributed by atoms with Crippen molar-refractivity contribution in [2.24, 2.45) is 5.92 Å². The van der Waals surface area contributed by atoms with E-state index in [-0.39, 0.29) is 24.0 Å². The molecule has 0 saturated heterocycles. The van der Waals surface area contributed by atoms with Gasteiger partial charge in [0.1, 0.15) is 7.05 Å². The molecule has 1 aliphatic heterocycles. The first kappa shape index (κ1) is 11.8. The van der Waals surface area contributed by atoms with Crippen LogP contribution in [-0.2, 0) is 0 Å². The Morgan fingerprint density at radius 1 is 1.55 bits per heavy atom. The van der Waals surface area contributed by atoms with Gasteiger partial charge in [0.2, 0.25) is 5.04 Å². The van der Waals surface area contributed by atoms with Gasteiger partial charge in [0, 0.05) is 12.8 Å². The van der Waals surface area contributed by atoms with Crippen LogP contribution in [0.4, 0.5) is 0 Å². The third-order valence-electron chi connectivity index (χ3n) is 2.23. The first-order valence-corrected chi connectivity index (χ1v) is 4.80. The number of halogens is 1. The van der Waals surface area contributed by atoms with E-state index in [1.165, 1.54) is 10.8 Å². The van der Waals surface area contributed by atoms with E-state index in [1.54, 1.807) is 0 Å². The normalized spacial score (nSPS) is 24.3. The largest absolute Gasteiger partial charge is 1.00 e. The summed E-state index contributed by atoms with van der Waals surface area (Å²) < 4.78 is 2.40. The summed E-state index contributed by atoms with van der Waals surface area (Å²) in [5, 5.41) is 1.47. The predicted molar refractivity (Wildman–Crippen MR) is 47.9 cm³/mol. The molecule has 66 valence electrons. The minimum absolute atomic E-state index is 0. The molecule has 1 aliphatic rings. The zero-order chi connectivity index (χ0) is 7.72. The molecule has 1 heterocycles. The topological polar surface area (TPSA) is 3.01 Å². The average Bonchev–Trinajstić information content (AvgIpc) is 2.14. The zero-order valence-corrected chi connectivity index (χ0v) is 10.6. The van der Waals surface area contributed by atoms with E-state index < -0.39 is 0 Å². The Labute approximate surface area is 90.7 Å². The van der Waals surface area contributed by atoms with Gasteiger partial charge >= 0.3 is 0 Å². The Morgan fingerprint density at radius 3 is 2.27 bits per heavy atom. The lowest BCUT2D eigenvalue weighted by molar-refractivity contribution is -0.534. The highest BCUT2D eigenvalue weighted by Crippen LogP contribution is 2.21. The molecule has 1 atom stereocenters. The van der Waals surface area contributed by atoms with Gasteiger partial charge in [-0.2, -0.15) is 0 Å². The number of nitrogens with zero attached hydrogens (tertiary/aromatic N) is 1. The lowest BCUT2D eigenvalue weighted by Crippen LogP contribution is -3.00. The van der Waals surface area contributed by atoms with Gasteiger partial charge in [0.25, 0.3) is 0 Å². The fraction of sp³-hybridized carbons (Fsp3) is 0.875. The van der Waals surface area contributed by atoms with E-state index in [0.29, 0.717) is 0 Å². The van der Waals surface area contributed by atoms with Gasteiger partial charge in [-0.05, 0) is 0 Å². The fourth-order valence-corrected chi connectivity index (χ4v) is 2.65. The Balaban J connectivity index is 0.000001000. The molecule has 0 aromatic heterocycles. The van der Waals surface area contributed by atoms with Gasteiger partial charge in [-0.15, -0.1) is 0 Å². The summed E-state index contributed by atoms with van der Waals surface area (Å²) in [6, 6.07) is 0.769. The van der Waals surface area contributed by atoms with Gasteiger partial charge in [-0.25, -0.2) is 4.58 Å². The molecule has 0 unspecified atom stereocenters. The molecule has 0 amide bonds. The second-order valence-electron chi connectivity index (χ2n) is 3.25. The summed E-state index contributed by atoms with van der Waals surface area (Å²) >= 11 is 1.98. The number of hydrogen-bond donors (Lipinski definition) is 0. The lowest BCUT2D eigenvalue weighted by atomic mass is 10.1. The monoisotopic (exact) mass is 285 g/mol. The summed E-state index contributed by atoms with van der Waals surface area (Å²) in [5.41, 5.74) is 0. The molecule has 0 bridgehead atoms. The standard InChI is InChI=1S/C8H16NS.HI/c1-6(2)8-5-10-7(3)9(8)4;/h6,8H,5H2,1-4H3;1H/q+1;/p-1/t8-;/m1./s1. The van der Waals surface area contributed by atoms with Crippen molar-refractivity contribution in [1.82, 2.24) is 0 Å². The molecule has 1 rings (SSSR count). The zero-order valence-electron chi connectivity index (χ0n) is 7.60. The summed E-state index contributed by atoms with van der Waals surface area (Å²) in [5.74, 6) is 2.06. The molecule has 0 radical (unpaired) electrons. The van der Waals surface area contributed by atoms with E-state index in [4.69, 9.17) is 0 Å². The van der Waals surface area contributed by atoms with E-state index >= 15 is 0 Å². The summed E-state index contributed by atoms with van der Waals surface area (Å²) in [6.07, 6.45) is 0. The maximum Gasteiger partial charge on any atom is 0.207 e. The molecule has 0 saturated carbocycles.